The molecule has 1 aromatic carbocycles. The lowest BCUT2D eigenvalue weighted by molar-refractivity contribution is 0.253. The third kappa shape index (κ3) is 2.66. The molecule has 0 heterocycles. The molecule has 0 aromatic heterocycles. The monoisotopic (exact) mass is 293 g/mol. The first-order valence-corrected chi connectivity index (χ1v) is 6.72. The van der Waals surface area contributed by atoms with Gasteiger partial charge in [-0.1, -0.05) is 26.2 Å². The molecule has 1 aliphatic carbocycles. The van der Waals surface area contributed by atoms with E-state index in [2.05, 4.69) is 5.32 Å². The van der Waals surface area contributed by atoms with Gasteiger partial charge in [0.2, 0.25) is 5.82 Å². The zero-order chi connectivity index (χ0) is 14.9. The molecule has 1 atom stereocenters. The average Bonchev–Trinajstić information content (AvgIpc) is 2.38. The highest BCUT2D eigenvalue weighted by atomic mass is 19.2. The minimum Gasteiger partial charge on any atom is -0.310 e. The molecule has 112 valence electrons. The number of nitrogens with one attached hydrogen (secondary N) is 1. The van der Waals surface area contributed by atoms with Crippen molar-refractivity contribution in [1.29, 1.82) is 0 Å². The Bertz CT molecular complexity index is 470. The summed E-state index contributed by atoms with van der Waals surface area (Å²) < 4.78 is 67.1. The third-order valence-corrected chi connectivity index (χ3v) is 3.84. The highest BCUT2D eigenvalue weighted by molar-refractivity contribution is 5.27. The first-order chi connectivity index (χ1) is 9.47. The summed E-state index contributed by atoms with van der Waals surface area (Å²) in [6.45, 7) is 2.11. The second-order valence-electron chi connectivity index (χ2n) is 5.13. The van der Waals surface area contributed by atoms with Crippen molar-refractivity contribution in [3.05, 3.63) is 34.6 Å². The fraction of sp³-hybridized carbons (Fsp3) is 0.571. The van der Waals surface area contributed by atoms with E-state index in [1.54, 1.807) is 6.92 Å². The van der Waals surface area contributed by atoms with Crippen molar-refractivity contribution < 1.29 is 22.0 Å². The molecule has 0 radical (unpaired) electrons. The standard InChI is InChI=1S/C14H16F5N/c1-2-20-8(6-7-4-3-5-7)9-10(15)12(17)14(19)13(18)11(9)16/h7-8,20H,2-6H2,1H3. The molecule has 2 rings (SSSR count). The smallest absolute Gasteiger partial charge is 0.200 e. The molecule has 1 saturated carbocycles. The summed E-state index contributed by atoms with van der Waals surface area (Å²) in [5.74, 6) is -9.05. The first-order valence-electron chi connectivity index (χ1n) is 6.72. The van der Waals surface area contributed by atoms with E-state index in [-0.39, 0.29) is 5.92 Å². The molecule has 0 bridgehead atoms. The van der Waals surface area contributed by atoms with E-state index in [0.29, 0.717) is 13.0 Å². The zero-order valence-corrected chi connectivity index (χ0v) is 11.1. The van der Waals surface area contributed by atoms with Crippen LogP contribution in [0.25, 0.3) is 0 Å². The summed E-state index contributed by atoms with van der Waals surface area (Å²) in [6, 6.07) is -0.852. The van der Waals surface area contributed by atoms with E-state index in [1.165, 1.54) is 0 Å². The van der Waals surface area contributed by atoms with Crippen LogP contribution in [-0.2, 0) is 0 Å². The number of hydrogen-bond donors (Lipinski definition) is 1. The lowest BCUT2D eigenvalue weighted by atomic mass is 9.79. The minimum absolute atomic E-state index is 0.272. The Kier molecular flexibility index (Phi) is 4.62. The SMILES string of the molecule is CCNC(CC1CCC1)c1c(F)c(F)c(F)c(F)c1F. The number of hydrogen-bond acceptors (Lipinski definition) is 1. The van der Waals surface area contributed by atoms with Crippen molar-refractivity contribution in [3.63, 3.8) is 0 Å². The second-order valence-corrected chi connectivity index (χ2v) is 5.13. The third-order valence-electron chi connectivity index (χ3n) is 3.84. The lowest BCUT2D eigenvalue weighted by Crippen LogP contribution is -2.28. The van der Waals surface area contributed by atoms with Crippen molar-refractivity contribution in [2.24, 2.45) is 5.92 Å². The Morgan fingerprint density at radius 3 is 1.85 bits per heavy atom. The van der Waals surface area contributed by atoms with E-state index in [1.807, 2.05) is 0 Å². The molecule has 20 heavy (non-hydrogen) atoms. The van der Waals surface area contributed by atoms with E-state index in [9.17, 15) is 22.0 Å². The van der Waals surface area contributed by atoms with Crippen LogP contribution in [0.2, 0.25) is 0 Å². The van der Waals surface area contributed by atoms with Gasteiger partial charge in [0.25, 0.3) is 0 Å². The van der Waals surface area contributed by atoms with Crippen LogP contribution < -0.4 is 5.32 Å². The molecule has 1 aliphatic rings. The number of halogens is 5. The van der Waals surface area contributed by atoms with Crippen LogP contribution >= 0.6 is 0 Å². The van der Waals surface area contributed by atoms with E-state index in [4.69, 9.17) is 0 Å². The Balaban J connectivity index is 2.40. The molecule has 0 spiro atoms. The van der Waals surface area contributed by atoms with Gasteiger partial charge in [-0.25, -0.2) is 22.0 Å². The maximum absolute atomic E-state index is 13.8. The highest BCUT2D eigenvalue weighted by Gasteiger charge is 2.32. The van der Waals surface area contributed by atoms with Crippen molar-refractivity contribution in [3.8, 4) is 0 Å². The second kappa shape index (κ2) is 6.08. The predicted octanol–water partition coefficient (Wildman–Crippen LogP) is 4.22. The summed E-state index contributed by atoms with van der Waals surface area (Å²) in [5.41, 5.74) is -0.741. The summed E-state index contributed by atoms with van der Waals surface area (Å²) in [7, 11) is 0. The molecule has 1 aromatic rings. The van der Waals surface area contributed by atoms with Gasteiger partial charge in [-0.3, -0.25) is 0 Å². The molecule has 1 N–H and O–H groups in total. The van der Waals surface area contributed by atoms with Crippen LogP contribution in [0.1, 0.15) is 44.2 Å². The van der Waals surface area contributed by atoms with Gasteiger partial charge in [0.1, 0.15) is 0 Å². The normalized spacial score (nSPS) is 17.1. The van der Waals surface area contributed by atoms with Gasteiger partial charge in [-0.15, -0.1) is 0 Å². The fourth-order valence-electron chi connectivity index (χ4n) is 2.54. The topological polar surface area (TPSA) is 12.0 Å². The molecule has 1 unspecified atom stereocenters. The molecule has 0 saturated heterocycles. The molecule has 0 aliphatic heterocycles. The Morgan fingerprint density at radius 1 is 0.950 bits per heavy atom. The first kappa shape index (κ1) is 15.2. The van der Waals surface area contributed by atoms with Crippen molar-refractivity contribution >= 4 is 0 Å². The van der Waals surface area contributed by atoms with Crippen molar-refractivity contribution in [1.82, 2.24) is 5.32 Å². The Labute approximate surface area is 114 Å². The zero-order valence-electron chi connectivity index (χ0n) is 11.1. The van der Waals surface area contributed by atoms with Crippen LogP contribution in [-0.4, -0.2) is 6.54 Å². The van der Waals surface area contributed by atoms with Gasteiger partial charge < -0.3 is 5.32 Å². The van der Waals surface area contributed by atoms with Gasteiger partial charge in [-0.2, -0.15) is 0 Å². The van der Waals surface area contributed by atoms with Gasteiger partial charge in [0.05, 0.1) is 0 Å². The average molecular weight is 293 g/mol. The molecular formula is C14H16F5N. The van der Waals surface area contributed by atoms with Gasteiger partial charge in [0.15, 0.2) is 23.3 Å². The molecule has 1 fully saturated rings. The molecule has 6 heteroatoms. The molecular weight excluding hydrogens is 277 g/mol. The van der Waals surface area contributed by atoms with E-state index < -0.39 is 40.7 Å². The van der Waals surface area contributed by atoms with Crippen molar-refractivity contribution in [2.75, 3.05) is 6.54 Å². The number of benzene rings is 1. The molecule has 0 amide bonds. The van der Waals surface area contributed by atoms with Crippen molar-refractivity contribution in [2.45, 2.75) is 38.6 Å². The van der Waals surface area contributed by atoms with Crippen LogP contribution in [0.15, 0.2) is 0 Å². The van der Waals surface area contributed by atoms with Gasteiger partial charge in [-0.05, 0) is 18.9 Å². The largest absolute Gasteiger partial charge is 0.310 e. The summed E-state index contributed by atoms with van der Waals surface area (Å²) >= 11 is 0. The summed E-state index contributed by atoms with van der Waals surface area (Å²) in [6.07, 6.45) is 3.28. The van der Waals surface area contributed by atoms with Crippen LogP contribution in [0.4, 0.5) is 22.0 Å². The summed E-state index contributed by atoms with van der Waals surface area (Å²) in [4.78, 5) is 0. The maximum atomic E-state index is 13.8. The predicted molar refractivity (Wildman–Crippen MR) is 64.6 cm³/mol. The fourth-order valence-corrected chi connectivity index (χ4v) is 2.54. The van der Waals surface area contributed by atoms with Crippen LogP contribution in [0, 0.1) is 35.0 Å². The Hall–Kier alpha value is -1.17. The number of rotatable bonds is 5. The summed E-state index contributed by atoms with van der Waals surface area (Å²) in [5, 5.41) is 2.82. The van der Waals surface area contributed by atoms with E-state index >= 15 is 0 Å². The van der Waals surface area contributed by atoms with E-state index in [0.717, 1.165) is 19.3 Å². The minimum atomic E-state index is -2.11. The quantitative estimate of drug-likeness (QED) is 0.487. The highest BCUT2D eigenvalue weighted by Crippen LogP contribution is 2.37. The van der Waals surface area contributed by atoms with Gasteiger partial charge in [0, 0.05) is 11.6 Å². The van der Waals surface area contributed by atoms with Crippen LogP contribution in [0.5, 0.6) is 0 Å². The molecule has 1 nitrogen and oxygen atoms in total. The van der Waals surface area contributed by atoms with Crippen LogP contribution in [0.3, 0.4) is 0 Å². The van der Waals surface area contributed by atoms with Gasteiger partial charge >= 0.3 is 0 Å². The lowest BCUT2D eigenvalue weighted by Gasteiger charge is -2.30. The Morgan fingerprint density at radius 2 is 1.45 bits per heavy atom. The maximum Gasteiger partial charge on any atom is 0.200 e.